The number of hydrogen-bond donors (Lipinski definition) is 0. The minimum atomic E-state index is -1.23. The molecule has 0 aliphatic rings. The van der Waals surface area contributed by atoms with Crippen LogP contribution >= 0.6 is 0 Å². The van der Waals surface area contributed by atoms with Crippen molar-refractivity contribution in [3.63, 3.8) is 0 Å². The zero-order chi connectivity index (χ0) is 16.4. The molecule has 0 bridgehead atoms. The number of para-hydroxylation sites is 2. The fourth-order valence-electron chi connectivity index (χ4n) is 2.42. The first kappa shape index (κ1) is 14.5. The molecule has 0 N–H and O–H groups in total. The number of carboxylic acid groups (broad SMARTS) is 1. The smallest absolute Gasteiger partial charge is 0.151 e. The van der Waals surface area contributed by atoms with E-state index in [0.717, 1.165) is 16.6 Å². The van der Waals surface area contributed by atoms with Crippen LogP contribution in [-0.4, -0.2) is 15.5 Å². The highest BCUT2D eigenvalue weighted by Gasteiger charge is 2.11. The number of allylic oxidation sites excluding steroid dienone is 1. The summed E-state index contributed by atoms with van der Waals surface area (Å²) in [5.41, 5.74) is 2.99. The Hall–Kier alpha value is -3.39. The van der Waals surface area contributed by atoms with Crippen molar-refractivity contribution in [1.82, 2.24) is 9.55 Å². The van der Waals surface area contributed by atoms with Crippen LogP contribution in [0.1, 0.15) is 21.7 Å². The van der Waals surface area contributed by atoms with Crippen LogP contribution in [0.4, 0.5) is 0 Å². The van der Waals surface area contributed by atoms with Crippen molar-refractivity contribution in [3.8, 4) is 6.07 Å². The molecule has 0 atom stereocenters. The van der Waals surface area contributed by atoms with Gasteiger partial charge in [0.1, 0.15) is 6.07 Å². The zero-order valence-corrected chi connectivity index (χ0v) is 12.4. The van der Waals surface area contributed by atoms with Gasteiger partial charge in [0.2, 0.25) is 0 Å². The van der Waals surface area contributed by atoms with Gasteiger partial charge in [0, 0.05) is 7.05 Å². The number of aromatic carboxylic acids is 1. The SMILES string of the molecule is Cn1c(/C(C#N)=C/c2ccc(C(=O)[O-])cc2)nc2ccccc21. The molecular weight excluding hydrogens is 290 g/mol. The summed E-state index contributed by atoms with van der Waals surface area (Å²) in [6.45, 7) is 0. The molecule has 3 aromatic rings. The first-order valence-electron chi connectivity index (χ1n) is 6.95. The number of fused-ring (bicyclic) bond motifs is 1. The molecule has 5 nitrogen and oxygen atoms in total. The van der Waals surface area contributed by atoms with Crippen molar-refractivity contribution in [2.24, 2.45) is 7.05 Å². The molecule has 3 rings (SSSR count). The maximum Gasteiger partial charge on any atom is 0.151 e. The topological polar surface area (TPSA) is 81.7 Å². The molecule has 0 radical (unpaired) electrons. The molecule has 0 saturated heterocycles. The quantitative estimate of drug-likeness (QED) is 0.693. The minimum Gasteiger partial charge on any atom is -0.545 e. The highest BCUT2D eigenvalue weighted by molar-refractivity contribution is 5.91. The lowest BCUT2D eigenvalue weighted by Gasteiger charge is -2.03. The Morgan fingerprint density at radius 2 is 1.91 bits per heavy atom. The number of carboxylic acids is 1. The van der Waals surface area contributed by atoms with Crippen LogP contribution in [-0.2, 0) is 7.05 Å². The number of nitrogens with zero attached hydrogens (tertiary/aromatic N) is 3. The summed E-state index contributed by atoms with van der Waals surface area (Å²) in [4.78, 5) is 15.3. The van der Waals surface area contributed by atoms with Crippen molar-refractivity contribution in [2.45, 2.75) is 0 Å². The minimum absolute atomic E-state index is 0.100. The molecular formula is C18H12N3O2-. The molecule has 0 aliphatic heterocycles. The number of hydrogen-bond acceptors (Lipinski definition) is 4. The standard InChI is InChI=1S/C18H13N3O2/c1-21-16-5-3-2-4-15(16)20-17(21)14(11-19)10-12-6-8-13(9-7-12)18(22)23/h2-10H,1H3,(H,22,23)/p-1/b14-10+. The predicted octanol–water partition coefficient (Wildman–Crippen LogP) is 2.00. The maximum absolute atomic E-state index is 10.8. The van der Waals surface area contributed by atoms with Gasteiger partial charge in [-0.1, -0.05) is 36.4 Å². The lowest BCUT2D eigenvalue weighted by Crippen LogP contribution is -2.21. The molecule has 0 aliphatic carbocycles. The van der Waals surface area contributed by atoms with Crippen molar-refractivity contribution < 1.29 is 9.90 Å². The highest BCUT2D eigenvalue weighted by atomic mass is 16.4. The molecule has 1 aromatic heterocycles. The molecule has 0 spiro atoms. The van der Waals surface area contributed by atoms with Gasteiger partial charge in [-0.3, -0.25) is 0 Å². The molecule has 0 saturated carbocycles. The molecule has 2 aromatic carbocycles. The van der Waals surface area contributed by atoms with E-state index in [0.29, 0.717) is 11.4 Å². The molecule has 5 heteroatoms. The van der Waals surface area contributed by atoms with Gasteiger partial charge in [-0.25, -0.2) is 4.98 Å². The molecule has 0 unspecified atom stereocenters. The molecule has 23 heavy (non-hydrogen) atoms. The van der Waals surface area contributed by atoms with E-state index in [1.807, 2.05) is 35.9 Å². The number of carbonyl (C=O) groups excluding carboxylic acids is 1. The van der Waals surface area contributed by atoms with Crippen LogP contribution in [0.25, 0.3) is 22.7 Å². The Kier molecular flexibility index (Phi) is 3.65. The Morgan fingerprint density at radius 1 is 1.22 bits per heavy atom. The van der Waals surface area contributed by atoms with E-state index in [-0.39, 0.29) is 5.56 Å². The number of imidazole rings is 1. The number of benzene rings is 2. The first-order chi connectivity index (χ1) is 11.1. The molecule has 112 valence electrons. The Bertz CT molecular complexity index is 960. The van der Waals surface area contributed by atoms with Crippen LogP contribution in [0.5, 0.6) is 0 Å². The average molecular weight is 302 g/mol. The molecule has 1 heterocycles. The number of aryl methyl sites for hydroxylation is 1. The van der Waals surface area contributed by atoms with Crippen LogP contribution in [0.2, 0.25) is 0 Å². The van der Waals surface area contributed by atoms with Gasteiger partial charge in [0.05, 0.1) is 22.6 Å². The summed E-state index contributed by atoms with van der Waals surface area (Å²) in [5.74, 6) is -0.658. The Balaban J connectivity index is 2.06. The van der Waals surface area contributed by atoms with Crippen molar-refractivity contribution >= 4 is 28.7 Å². The van der Waals surface area contributed by atoms with Gasteiger partial charge < -0.3 is 14.5 Å². The van der Waals surface area contributed by atoms with E-state index in [4.69, 9.17) is 0 Å². The van der Waals surface area contributed by atoms with Gasteiger partial charge in [-0.05, 0) is 29.3 Å². The number of aromatic nitrogens is 2. The van der Waals surface area contributed by atoms with E-state index < -0.39 is 5.97 Å². The average Bonchev–Trinajstić information content (AvgIpc) is 2.90. The molecule has 0 fully saturated rings. The van der Waals surface area contributed by atoms with Crippen molar-refractivity contribution in [1.29, 1.82) is 5.26 Å². The lowest BCUT2D eigenvalue weighted by atomic mass is 10.1. The zero-order valence-electron chi connectivity index (χ0n) is 12.4. The maximum atomic E-state index is 10.8. The van der Waals surface area contributed by atoms with Gasteiger partial charge in [-0.15, -0.1) is 0 Å². The van der Waals surface area contributed by atoms with Crippen LogP contribution < -0.4 is 5.11 Å². The van der Waals surface area contributed by atoms with Gasteiger partial charge in [0.25, 0.3) is 0 Å². The van der Waals surface area contributed by atoms with Crippen LogP contribution in [0.3, 0.4) is 0 Å². The second-order valence-electron chi connectivity index (χ2n) is 5.06. The summed E-state index contributed by atoms with van der Waals surface area (Å²) in [7, 11) is 1.86. The highest BCUT2D eigenvalue weighted by Crippen LogP contribution is 2.22. The number of nitriles is 1. The second-order valence-corrected chi connectivity index (χ2v) is 5.06. The lowest BCUT2D eigenvalue weighted by molar-refractivity contribution is -0.255. The van der Waals surface area contributed by atoms with Crippen LogP contribution in [0, 0.1) is 11.3 Å². The Labute approximate surface area is 132 Å². The number of carbonyl (C=O) groups is 1. The van der Waals surface area contributed by atoms with Crippen molar-refractivity contribution in [3.05, 3.63) is 65.5 Å². The van der Waals surface area contributed by atoms with E-state index in [9.17, 15) is 15.2 Å². The fourth-order valence-corrected chi connectivity index (χ4v) is 2.42. The van der Waals surface area contributed by atoms with E-state index in [1.165, 1.54) is 12.1 Å². The summed E-state index contributed by atoms with van der Waals surface area (Å²) >= 11 is 0. The monoisotopic (exact) mass is 302 g/mol. The molecule has 0 amide bonds. The number of rotatable bonds is 3. The second kappa shape index (κ2) is 5.78. The van der Waals surface area contributed by atoms with Gasteiger partial charge in [-0.2, -0.15) is 5.26 Å². The third kappa shape index (κ3) is 2.70. The Morgan fingerprint density at radius 3 is 2.52 bits per heavy atom. The predicted molar refractivity (Wildman–Crippen MR) is 85.0 cm³/mol. The fraction of sp³-hybridized carbons (Fsp3) is 0.0556. The first-order valence-corrected chi connectivity index (χ1v) is 6.95. The summed E-state index contributed by atoms with van der Waals surface area (Å²) in [6, 6.07) is 16.0. The van der Waals surface area contributed by atoms with Crippen LogP contribution in [0.15, 0.2) is 48.5 Å². The normalized spacial score (nSPS) is 11.4. The largest absolute Gasteiger partial charge is 0.545 e. The summed E-state index contributed by atoms with van der Waals surface area (Å²) < 4.78 is 1.86. The van der Waals surface area contributed by atoms with Gasteiger partial charge >= 0.3 is 0 Å². The van der Waals surface area contributed by atoms with E-state index in [2.05, 4.69) is 11.1 Å². The van der Waals surface area contributed by atoms with E-state index in [1.54, 1.807) is 18.2 Å². The summed E-state index contributed by atoms with van der Waals surface area (Å²) in [6.07, 6.45) is 1.68. The third-order valence-corrected chi connectivity index (χ3v) is 3.61. The summed E-state index contributed by atoms with van der Waals surface area (Å²) in [5, 5.41) is 20.2. The van der Waals surface area contributed by atoms with Crippen molar-refractivity contribution in [2.75, 3.05) is 0 Å². The van der Waals surface area contributed by atoms with E-state index >= 15 is 0 Å². The van der Waals surface area contributed by atoms with Gasteiger partial charge in [0.15, 0.2) is 5.82 Å². The third-order valence-electron chi connectivity index (χ3n) is 3.61.